The molecule has 8 nitrogen and oxygen atoms in total. The Morgan fingerprint density at radius 1 is 0.914 bits per heavy atom. The molecular formula is C24H28F3N3O5. The van der Waals surface area contributed by atoms with Gasteiger partial charge >= 0.3 is 18.1 Å². The molecule has 0 bridgehead atoms. The fourth-order valence-electron chi connectivity index (χ4n) is 3.56. The number of aryl methyl sites for hydroxylation is 2. The lowest BCUT2D eigenvalue weighted by molar-refractivity contribution is -0.192. The average molecular weight is 495 g/mol. The van der Waals surface area contributed by atoms with Crippen molar-refractivity contribution in [2.45, 2.75) is 33.4 Å². The summed E-state index contributed by atoms with van der Waals surface area (Å²) in [6.07, 6.45) is -4.73. The Labute approximate surface area is 201 Å². The van der Waals surface area contributed by atoms with Crippen LogP contribution in [0.5, 0.6) is 0 Å². The molecule has 0 unspecified atom stereocenters. The maximum atomic E-state index is 11.8. The number of nitrogens with one attached hydrogen (secondary N) is 1. The van der Waals surface area contributed by atoms with Crippen molar-refractivity contribution < 1.29 is 37.8 Å². The van der Waals surface area contributed by atoms with Crippen molar-refractivity contribution in [3.8, 4) is 0 Å². The van der Waals surface area contributed by atoms with Gasteiger partial charge in [0.1, 0.15) is 0 Å². The van der Waals surface area contributed by atoms with Crippen LogP contribution in [0.4, 0.5) is 30.2 Å². The van der Waals surface area contributed by atoms with Gasteiger partial charge in [-0.15, -0.1) is 0 Å². The topological polar surface area (TPSA) is 110 Å². The van der Waals surface area contributed by atoms with Gasteiger partial charge in [0.05, 0.1) is 11.3 Å². The number of aromatic carboxylic acids is 1. The highest BCUT2D eigenvalue weighted by Gasteiger charge is 2.38. The fourth-order valence-corrected chi connectivity index (χ4v) is 3.56. The lowest BCUT2D eigenvalue weighted by Gasteiger charge is -2.38. The van der Waals surface area contributed by atoms with E-state index >= 15 is 0 Å². The van der Waals surface area contributed by atoms with Crippen LogP contribution in [0.15, 0.2) is 36.4 Å². The van der Waals surface area contributed by atoms with Gasteiger partial charge in [0.15, 0.2) is 0 Å². The molecule has 1 heterocycles. The van der Waals surface area contributed by atoms with Crippen molar-refractivity contribution in [1.82, 2.24) is 0 Å². The Balaban J connectivity index is 0.000000540. The van der Waals surface area contributed by atoms with Crippen LogP contribution in [-0.4, -0.2) is 60.4 Å². The quantitative estimate of drug-likeness (QED) is 0.567. The van der Waals surface area contributed by atoms with Gasteiger partial charge in [0.2, 0.25) is 5.91 Å². The van der Waals surface area contributed by atoms with Gasteiger partial charge in [-0.25, -0.2) is 9.59 Å². The molecule has 0 atom stereocenters. The Morgan fingerprint density at radius 3 is 1.94 bits per heavy atom. The second-order valence-corrected chi connectivity index (χ2v) is 8.01. The summed E-state index contributed by atoms with van der Waals surface area (Å²) in [5.74, 6) is -3.88. The van der Waals surface area contributed by atoms with Crippen molar-refractivity contribution in [3.05, 3.63) is 53.1 Å². The van der Waals surface area contributed by atoms with Crippen LogP contribution < -0.4 is 15.1 Å². The summed E-state index contributed by atoms with van der Waals surface area (Å²) in [6, 6.07) is 11.6. The van der Waals surface area contributed by atoms with E-state index in [4.69, 9.17) is 9.90 Å². The number of carboxylic acids is 2. The third-order valence-electron chi connectivity index (χ3n) is 5.40. The lowest BCUT2D eigenvalue weighted by atomic mass is 10.1. The zero-order chi connectivity index (χ0) is 26.3. The fraction of sp³-hybridized carbons (Fsp3) is 0.375. The number of anilines is 3. The van der Waals surface area contributed by atoms with Crippen molar-refractivity contribution in [2.75, 3.05) is 41.3 Å². The van der Waals surface area contributed by atoms with E-state index in [1.807, 2.05) is 0 Å². The maximum Gasteiger partial charge on any atom is 0.490 e. The highest BCUT2D eigenvalue weighted by molar-refractivity contribution is 5.98. The largest absolute Gasteiger partial charge is 0.490 e. The first-order chi connectivity index (χ1) is 16.3. The molecule has 190 valence electrons. The molecule has 3 rings (SSSR count). The summed E-state index contributed by atoms with van der Waals surface area (Å²) in [4.78, 5) is 36.7. The maximum absolute atomic E-state index is 11.8. The van der Waals surface area contributed by atoms with Crippen molar-refractivity contribution in [3.63, 3.8) is 0 Å². The number of halogens is 3. The number of carbonyl (C=O) groups is 3. The van der Waals surface area contributed by atoms with Gasteiger partial charge in [0.25, 0.3) is 0 Å². The monoisotopic (exact) mass is 495 g/mol. The molecule has 1 amide bonds. The molecule has 2 aromatic carbocycles. The van der Waals surface area contributed by atoms with Gasteiger partial charge in [0, 0.05) is 44.0 Å². The van der Waals surface area contributed by atoms with E-state index < -0.39 is 18.1 Å². The zero-order valence-corrected chi connectivity index (χ0v) is 19.6. The molecule has 1 fully saturated rings. The molecule has 0 spiro atoms. The van der Waals surface area contributed by atoms with E-state index in [1.54, 1.807) is 25.1 Å². The molecule has 0 aliphatic carbocycles. The number of hydrogen-bond acceptors (Lipinski definition) is 5. The molecule has 1 saturated heterocycles. The Hall–Kier alpha value is -3.76. The summed E-state index contributed by atoms with van der Waals surface area (Å²) in [5, 5.41) is 19.5. The summed E-state index contributed by atoms with van der Waals surface area (Å²) in [7, 11) is 0. The van der Waals surface area contributed by atoms with E-state index in [9.17, 15) is 27.9 Å². The predicted molar refractivity (Wildman–Crippen MR) is 126 cm³/mol. The van der Waals surface area contributed by atoms with E-state index in [0.29, 0.717) is 17.8 Å². The van der Waals surface area contributed by atoms with Crippen molar-refractivity contribution in [2.24, 2.45) is 0 Å². The molecule has 0 saturated carbocycles. The van der Waals surface area contributed by atoms with E-state index in [0.717, 1.165) is 26.2 Å². The number of alkyl halides is 3. The summed E-state index contributed by atoms with van der Waals surface area (Å²) in [5.41, 5.74) is 5.16. The Kier molecular flexibility index (Phi) is 9.10. The number of rotatable bonds is 5. The summed E-state index contributed by atoms with van der Waals surface area (Å²) >= 11 is 0. The smallest absolute Gasteiger partial charge is 0.478 e. The van der Waals surface area contributed by atoms with E-state index in [-0.39, 0.29) is 11.5 Å². The number of aliphatic carboxylic acids is 1. The number of carbonyl (C=O) groups excluding carboxylic acids is 1. The normalized spacial score (nSPS) is 13.5. The van der Waals surface area contributed by atoms with Crippen molar-refractivity contribution in [1.29, 1.82) is 0 Å². The number of benzene rings is 2. The lowest BCUT2D eigenvalue weighted by Crippen LogP contribution is -2.47. The number of nitrogens with zero attached hydrogens (tertiary/aromatic N) is 2. The van der Waals surface area contributed by atoms with Gasteiger partial charge in [-0.3, -0.25) is 4.79 Å². The number of hydrogen-bond donors (Lipinski definition) is 3. The van der Waals surface area contributed by atoms with Crippen molar-refractivity contribution >= 4 is 34.9 Å². The molecule has 1 aliphatic heterocycles. The van der Waals surface area contributed by atoms with Crippen LogP contribution in [-0.2, 0) is 9.59 Å². The highest BCUT2D eigenvalue weighted by atomic mass is 19.4. The van der Waals surface area contributed by atoms with Crippen LogP contribution >= 0.6 is 0 Å². The van der Waals surface area contributed by atoms with Gasteiger partial charge in [-0.2, -0.15) is 13.2 Å². The third-order valence-corrected chi connectivity index (χ3v) is 5.40. The molecule has 2 aromatic rings. The second-order valence-electron chi connectivity index (χ2n) is 8.01. The summed E-state index contributed by atoms with van der Waals surface area (Å²) in [6.45, 7) is 9.12. The van der Waals surface area contributed by atoms with Crippen LogP contribution in [0.1, 0.15) is 34.8 Å². The van der Waals surface area contributed by atoms with Gasteiger partial charge in [-0.1, -0.05) is 19.1 Å². The van der Waals surface area contributed by atoms with Crippen LogP contribution in [0.25, 0.3) is 0 Å². The number of amides is 1. The molecule has 3 N–H and O–H groups in total. The van der Waals surface area contributed by atoms with Crippen LogP contribution in [0.2, 0.25) is 0 Å². The third kappa shape index (κ3) is 7.62. The first-order valence-electron chi connectivity index (χ1n) is 10.9. The SMILES string of the molecule is CCC(=O)Nc1ccc(N2CCN(c3cc(C)ccc3C)CC2)c(C(=O)O)c1.O=C(O)C(F)(F)F. The van der Waals surface area contributed by atoms with E-state index in [1.165, 1.54) is 16.8 Å². The number of piperazine rings is 1. The van der Waals surface area contributed by atoms with Crippen LogP contribution in [0.3, 0.4) is 0 Å². The number of carboxylic acid groups (broad SMARTS) is 2. The Morgan fingerprint density at radius 2 is 1.46 bits per heavy atom. The minimum Gasteiger partial charge on any atom is -0.478 e. The molecule has 11 heteroatoms. The molecule has 0 aromatic heterocycles. The van der Waals surface area contributed by atoms with Crippen LogP contribution in [0, 0.1) is 13.8 Å². The average Bonchev–Trinajstić information content (AvgIpc) is 2.80. The highest BCUT2D eigenvalue weighted by Crippen LogP contribution is 2.28. The second kappa shape index (κ2) is 11.6. The first-order valence-corrected chi connectivity index (χ1v) is 10.9. The minimum atomic E-state index is -5.08. The summed E-state index contributed by atoms with van der Waals surface area (Å²) < 4.78 is 31.7. The standard InChI is InChI=1S/C22H27N3O3.C2HF3O2/c1-4-21(26)23-17-7-8-19(18(14-17)22(27)28)24-9-11-25(12-10-24)20-13-15(2)5-6-16(20)3;3-2(4,5)1(6)7/h5-8,13-14H,4,9-12H2,1-3H3,(H,23,26)(H,27,28);(H,6,7). The minimum absolute atomic E-state index is 0.133. The first kappa shape index (κ1) is 27.5. The predicted octanol–water partition coefficient (Wildman–Crippen LogP) is 4.31. The molecule has 0 radical (unpaired) electrons. The molecule has 35 heavy (non-hydrogen) atoms. The van der Waals surface area contributed by atoms with Gasteiger partial charge in [-0.05, 0) is 49.2 Å². The molecular weight excluding hydrogens is 467 g/mol. The van der Waals surface area contributed by atoms with E-state index in [2.05, 4.69) is 47.2 Å². The van der Waals surface area contributed by atoms with Gasteiger partial charge < -0.3 is 25.3 Å². The molecule has 1 aliphatic rings. The zero-order valence-electron chi connectivity index (χ0n) is 19.6. The Bertz CT molecular complexity index is 1080.